The Morgan fingerprint density at radius 3 is 2.39 bits per heavy atom. The lowest BCUT2D eigenvalue weighted by Gasteiger charge is -2.13. The number of aromatic hydroxyl groups is 2. The van der Waals surface area contributed by atoms with Gasteiger partial charge in [-0.2, -0.15) is 13.2 Å². The molecule has 6 heteroatoms. The molecular weight excluding hydrogens is 249 g/mol. The quantitative estimate of drug-likeness (QED) is 0.821. The number of benzene rings is 1. The third kappa shape index (κ3) is 2.42. The van der Waals surface area contributed by atoms with Gasteiger partial charge in [-0.3, -0.25) is 4.79 Å². The average molecular weight is 260 g/mol. The number of hydrogen-bond acceptors (Lipinski definition) is 3. The highest BCUT2D eigenvalue weighted by Gasteiger charge is 2.39. The lowest BCUT2D eigenvalue weighted by molar-refractivity contribution is -0.140. The number of phenolic OH excluding ortho intramolecular Hbond substituents is 2. The summed E-state index contributed by atoms with van der Waals surface area (Å²) in [7, 11) is 0. The van der Waals surface area contributed by atoms with Crippen molar-refractivity contribution in [2.45, 2.75) is 25.4 Å². The standard InChI is InChI=1S/C12H11F3O3/c13-12(14,15)10-8(16)4-3-7(11(10)18)9(17)5-6-1-2-6/h3-4,6,16,18H,1-2,5H2. The van der Waals surface area contributed by atoms with Gasteiger partial charge in [-0.05, 0) is 30.9 Å². The van der Waals surface area contributed by atoms with Crippen molar-refractivity contribution in [3.05, 3.63) is 23.3 Å². The van der Waals surface area contributed by atoms with Gasteiger partial charge in [-0.25, -0.2) is 0 Å². The Balaban J connectivity index is 2.40. The van der Waals surface area contributed by atoms with Gasteiger partial charge in [0.1, 0.15) is 17.1 Å². The van der Waals surface area contributed by atoms with E-state index in [0.29, 0.717) is 0 Å². The smallest absolute Gasteiger partial charge is 0.423 e. The van der Waals surface area contributed by atoms with Crippen LogP contribution in [-0.4, -0.2) is 16.0 Å². The molecule has 2 N–H and O–H groups in total. The van der Waals surface area contributed by atoms with E-state index in [4.69, 9.17) is 5.11 Å². The summed E-state index contributed by atoms with van der Waals surface area (Å²) in [6.07, 6.45) is -2.99. The second-order valence-electron chi connectivity index (χ2n) is 4.42. The Bertz CT molecular complexity index is 490. The van der Waals surface area contributed by atoms with Gasteiger partial charge in [0, 0.05) is 6.42 Å². The molecule has 0 aliphatic heterocycles. The SMILES string of the molecule is O=C(CC1CC1)c1ccc(O)c(C(F)(F)F)c1O. The number of alkyl halides is 3. The highest BCUT2D eigenvalue weighted by Crippen LogP contribution is 2.44. The summed E-state index contributed by atoms with van der Waals surface area (Å²) in [5, 5.41) is 18.6. The van der Waals surface area contributed by atoms with Gasteiger partial charge in [0.05, 0.1) is 5.56 Å². The summed E-state index contributed by atoms with van der Waals surface area (Å²) < 4.78 is 37.8. The number of phenols is 2. The van der Waals surface area contributed by atoms with E-state index >= 15 is 0 Å². The molecule has 0 aromatic heterocycles. The first-order valence-electron chi connectivity index (χ1n) is 5.46. The van der Waals surface area contributed by atoms with Crippen LogP contribution in [0.15, 0.2) is 12.1 Å². The zero-order chi connectivity index (χ0) is 13.5. The minimum absolute atomic E-state index is 0.135. The molecule has 0 heterocycles. The molecule has 18 heavy (non-hydrogen) atoms. The number of hydrogen-bond donors (Lipinski definition) is 2. The molecule has 1 aliphatic carbocycles. The van der Waals surface area contributed by atoms with Crippen molar-refractivity contribution in [3.8, 4) is 11.5 Å². The first-order chi connectivity index (χ1) is 8.30. The first-order valence-corrected chi connectivity index (χ1v) is 5.46. The molecule has 98 valence electrons. The van der Waals surface area contributed by atoms with Gasteiger partial charge in [-0.15, -0.1) is 0 Å². The van der Waals surface area contributed by atoms with Gasteiger partial charge in [-0.1, -0.05) is 0 Å². The van der Waals surface area contributed by atoms with Crippen LogP contribution in [0.4, 0.5) is 13.2 Å². The minimum atomic E-state index is -4.90. The van der Waals surface area contributed by atoms with Crippen molar-refractivity contribution < 1.29 is 28.2 Å². The van der Waals surface area contributed by atoms with E-state index in [0.717, 1.165) is 25.0 Å². The van der Waals surface area contributed by atoms with E-state index < -0.39 is 29.0 Å². The number of rotatable bonds is 3. The van der Waals surface area contributed by atoms with E-state index in [2.05, 4.69) is 0 Å². The topological polar surface area (TPSA) is 57.5 Å². The number of carbonyl (C=O) groups is 1. The van der Waals surface area contributed by atoms with E-state index in [9.17, 15) is 23.1 Å². The van der Waals surface area contributed by atoms with Crippen molar-refractivity contribution in [1.29, 1.82) is 0 Å². The Morgan fingerprint density at radius 2 is 1.89 bits per heavy atom. The molecule has 1 fully saturated rings. The molecule has 1 aliphatic rings. The summed E-state index contributed by atoms with van der Waals surface area (Å²) in [6.45, 7) is 0. The monoisotopic (exact) mass is 260 g/mol. The summed E-state index contributed by atoms with van der Waals surface area (Å²) in [6, 6.07) is 1.80. The number of ketones is 1. The van der Waals surface area contributed by atoms with Crippen LogP contribution in [0, 0.1) is 5.92 Å². The normalized spacial score (nSPS) is 15.7. The summed E-state index contributed by atoms with van der Waals surface area (Å²) in [5.41, 5.74) is -1.93. The lowest BCUT2D eigenvalue weighted by atomic mass is 10.0. The lowest BCUT2D eigenvalue weighted by Crippen LogP contribution is -2.09. The van der Waals surface area contributed by atoms with E-state index in [1.807, 2.05) is 0 Å². The van der Waals surface area contributed by atoms with Crippen molar-refractivity contribution in [2.24, 2.45) is 5.92 Å². The first kappa shape index (κ1) is 12.7. The molecule has 0 unspecified atom stereocenters. The number of carbonyl (C=O) groups excluding carboxylic acids is 1. The van der Waals surface area contributed by atoms with Crippen LogP contribution in [-0.2, 0) is 6.18 Å². The van der Waals surface area contributed by atoms with Crippen LogP contribution >= 0.6 is 0 Å². The van der Waals surface area contributed by atoms with Crippen LogP contribution < -0.4 is 0 Å². The maximum absolute atomic E-state index is 12.6. The number of halogens is 3. The van der Waals surface area contributed by atoms with Crippen LogP contribution in [0.1, 0.15) is 35.2 Å². The molecule has 0 atom stereocenters. The summed E-state index contributed by atoms with van der Waals surface area (Å²) in [5.74, 6) is -2.59. The zero-order valence-corrected chi connectivity index (χ0v) is 9.29. The van der Waals surface area contributed by atoms with Crippen LogP contribution in [0.25, 0.3) is 0 Å². The molecule has 1 aromatic rings. The third-order valence-corrected chi connectivity index (χ3v) is 2.91. The minimum Gasteiger partial charge on any atom is -0.507 e. The van der Waals surface area contributed by atoms with Gasteiger partial charge in [0.15, 0.2) is 5.78 Å². The van der Waals surface area contributed by atoms with Gasteiger partial charge in [0.25, 0.3) is 0 Å². The van der Waals surface area contributed by atoms with Crippen LogP contribution in [0.2, 0.25) is 0 Å². The molecule has 0 amide bonds. The maximum Gasteiger partial charge on any atom is 0.423 e. The summed E-state index contributed by atoms with van der Waals surface area (Å²) in [4.78, 5) is 11.7. The molecule has 2 rings (SSSR count). The van der Waals surface area contributed by atoms with Crippen molar-refractivity contribution in [1.82, 2.24) is 0 Å². The van der Waals surface area contributed by atoms with E-state index in [-0.39, 0.29) is 17.9 Å². The number of Topliss-reactive ketones (excluding diaryl/α,β-unsaturated/α-hetero) is 1. The van der Waals surface area contributed by atoms with E-state index in [1.54, 1.807) is 0 Å². The van der Waals surface area contributed by atoms with Crippen LogP contribution in [0.3, 0.4) is 0 Å². The molecule has 0 spiro atoms. The second kappa shape index (κ2) is 4.19. The largest absolute Gasteiger partial charge is 0.507 e. The van der Waals surface area contributed by atoms with Crippen molar-refractivity contribution in [3.63, 3.8) is 0 Å². The van der Waals surface area contributed by atoms with Crippen molar-refractivity contribution in [2.75, 3.05) is 0 Å². The predicted octanol–water partition coefficient (Wildman–Crippen LogP) is 3.10. The average Bonchev–Trinajstić information content (AvgIpc) is 2.99. The molecule has 3 nitrogen and oxygen atoms in total. The van der Waals surface area contributed by atoms with Gasteiger partial charge < -0.3 is 10.2 Å². The Hall–Kier alpha value is -1.72. The molecule has 0 bridgehead atoms. The second-order valence-corrected chi connectivity index (χ2v) is 4.42. The highest BCUT2D eigenvalue weighted by atomic mass is 19.4. The molecule has 1 saturated carbocycles. The maximum atomic E-state index is 12.6. The fourth-order valence-electron chi connectivity index (χ4n) is 1.78. The van der Waals surface area contributed by atoms with Crippen LogP contribution in [0.5, 0.6) is 11.5 Å². The van der Waals surface area contributed by atoms with Crippen molar-refractivity contribution >= 4 is 5.78 Å². The zero-order valence-electron chi connectivity index (χ0n) is 9.29. The Labute approximate surface area is 101 Å². The third-order valence-electron chi connectivity index (χ3n) is 2.91. The fourth-order valence-corrected chi connectivity index (χ4v) is 1.78. The fraction of sp³-hybridized carbons (Fsp3) is 0.417. The van der Waals surface area contributed by atoms with Gasteiger partial charge >= 0.3 is 6.18 Å². The Morgan fingerprint density at radius 1 is 1.28 bits per heavy atom. The summed E-state index contributed by atoms with van der Waals surface area (Å²) >= 11 is 0. The molecule has 0 saturated heterocycles. The van der Waals surface area contributed by atoms with Gasteiger partial charge in [0.2, 0.25) is 0 Å². The Kier molecular flexibility index (Phi) is 2.96. The highest BCUT2D eigenvalue weighted by molar-refractivity contribution is 5.99. The molecule has 0 radical (unpaired) electrons. The van der Waals surface area contributed by atoms with E-state index in [1.165, 1.54) is 0 Å². The molecular formula is C12H11F3O3. The molecule has 1 aromatic carbocycles. The predicted molar refractivity (Wildman–Crippen MR) is 56.4 cm³/mol.